The highest BCUT2D eigenvalue weighted by molar-refractivity contribution is 7.92. The molecule has 0 aliphatic carbocycles. The zero-order chi connectivity index (χ0) is 23.5. The summed E-state index contributed by atoms with van der Waals surface area (Å²) in [5, 5.41) is 0. The van der Waals surface area contributed by atoms with Crippen LogP contribution in [0.4, 0.5) is 14.6 Å². The highest BCUT2D eigenvalue weighted by Crippen LogP contribution is 2.31. The number of nitrogens with zero attached hydrogens (tertiary/aromatic N) is 3. The fraction of sp³-hybridized carbons (Fsp3) is 0.286. The average Bonchev–Trinajstić information content (AvgIpc) is 2.73. The molecule has 0 aliphatic rings. The molecule has 0 fully saturated rings. The lowest BCUT2D eigenvalue weighted by Crippen LogP contribution is -2.19. The van der Waals surface area contributed by atoms with Crippen molar-refractivity contribution in [3.8, 4) is 23.0 Å². The highest BCUT2D eigenvalue weighted by atomic mass is 32.2. The van der Waals surface area contributed by atoms with Crippen molar-refractivity contribution in [1.82, 2.24) is 14.5 Å². The van der Waals surface area contributed by atoms with Gasteiger partial charge in [-0.15, -0.1) is 0 Å². The third-order valence-electron chi connectivity index (χ3n) is 4.57. The summed E-state index contributed by atoms with van der Waals surface area (Å²) in [6.07, 6.45) is 2.33. The van der Waals surface area contributed by atoms with Gasteiger partial charge >= 0.3 is 6.01 Å². The number of benzene rings is 1. The van der Waals surface area contributed by atoms with Gasteiger partial charge in [-0.05, 0) is 31.0 Å². The molecule has 0 atom stereocenters. The molecule has 0 bridgehead atoms. The first-order valence-corrected chi connectivity index (χ1v) is 11.4. The maximum atomic E-state index is 15.3. The molecule has 2 aromatic heterocycles. The molecule has 0 amide bonds. The number of anilines is 1. The van der Waals surface area contributed by atoms with Gasteiger partial charge in [-0.3, -0.25) is 9.52 Å². The van der Waals surface area contributed by atoms with Crippen molar-refractivity contribution in [2.45, 2.75) is 26.7 Å². The van der Waals surface area contributed by atoms with Gasteiger partial charge in [0.25, 0.3) is 0 Å². The van der Waals surface area contributed by atoms with Crippen LogP contribution in [0.15, 0.2) is 41.3 Å². The molecule has 1 N–H and O–H groups in total. The molecule has 0 unspecified atom stereocenters. The molecule has 2 heterocycles. The van der Waals surface area contributed by atoms with E-state index < -0.39 is 33.5 Å². The van der Waals surface area contributed by atoms with Crippen LogP contribution < -0.4 is 15.0 Å². The van der Waals surface area contributed by atoms with Crippen molar-refractivity contribution in [1.29, 1.82) is 0 Å². The zero-order valence-corrected chi connectivity index (χ0v) is 18.5. The van der Waals surface area contributed by atoms with Crippen molar-refractivity contribution >= 4 is 15.8 Å². The van der Waals surface area contributed by atoms with Gasteiger partial charge in [0.1, 0.15) is 5.69 Å². The fourth-order valence-electron chi connectivity index (χ4n) is 2.84. The molecule has 8 nitrogen and oxygen atoms in total. The topological polar surface area (TPSA) is 103 Å². The number of nitrogens with one attached hydrogen (secondary N) is 1. The molecule has 170 valence electrons. The SMILES string of the molecule is CCCCS(=O)(=O)Nc1nc(Oc2c(C)cccc2F)nc(-c2ccc(=O)n(C)c2)c1F. The first kappa shape index (κ1) is 23.3. The lowest BCUT2D eigenvalue weighted by atomic mass is 10.2. The quantitative estimate of drug-likeness (QED) is 0.545. The normalized spacial score (nSPS) is 11.4. The second kappa shape index (κ2) is 9.43. The summed E-state index contributed by atoms with van der Waals surface area (Å²) in [7, 11) is -2.43. The second-order valence-electron chi connectivity index (χ2n) is 7.15. The number of para-hydroxylation sites is 1. The zero-order valence-electron chi connectivity index (χ0n) is 17.7. The number of aromatic nitrogens is 3. The average molecular weight is 464 g/mol. The Labute approximate surface area is 184 Å². The monoisotopic (exact) mass is 464 g/mol. The molecule has 32 heavy (non-hydrogen) atoms. The summed E-state index contributed by atoms with van der Waals surface area (Å²) in [6.45, 7) is 3.42. The number of sulfonamides is 1. The molecular formula is C21H22F2N4O4S. The van der Waals surface area contributed by atoms with E-state index in [2.05, 4.69) is 14.7 Å². The van der Waals surface area contributed by atoms with Crippen LogP contribution in [0.25, 0.3) is 11.3 Å². The van der Waals surface area contributed by atoms with Crippen molar-refractivity contribution in [2.24, 2.45) is 7.05 Å². The van der Waals surface area contributed by atoms with Crippen molar-refractivity contribution in [3.63, 3.8) is 0 Å². The van der Waals surface area contributed by atoms with E-state index in [4.69, 9.17) is 4.74 Å². The van der Waals surface area contributed by atoms with E-state index in [9.17, 15) is 17.6 Å². The Hall–Kier alpha value is -3.34. The number of pyridine rings is 1. The van der Waals surface area contributed by atoms with Crippen LogP contribution >= 0.6 is 0 Å². The summed E-state index contributed by atoms with van der Waals surface area (Å²) in [6, 6.07) is 6.35. The Morgan fingerprint density at radius 2 is 1.91 bits per heavy atom. The largest absolute Gasteiger partial charge is 0.421 e. The summed E-state index contributed by atoms with van der Waals surface area (Å²) in [5.41, 5.74) is -0.0299. The molecule has 3 rings (SSSR count). The number of hydrogen-bond donors (Lipinski definition) is 1. The predicted molar refractivity (Wildman–Crippen MR) is 116 cm³/mol. The number of hydrogen-bond acceptors (Lipinski definition) is 6. The van der Waals surface area contributed by atoms with Crippen LogP contribution in [0.1, 0.15) is 25.3 Å². The molecule has 0 spiro atoms. The maximum absolute atomic E-state index is 15.3. The Bertz CT molecular complexity index is 1290. The number of ether oxygens (including phenoxy) is 1. The van der Waals surface area contributed by atoms with E-state index in [1.54, 1.807) is 13.0 Å². The van der Waals surface area contributed by atoms with Crippen LogP contribution in [0.2, 0.25) is 0 Å². The summed E-state index contributed by atoms with van der Waals surface area (Å²) >= 11 is 0. The molecular weight excluding hydrogens is 442 g/mol. The van der Waals surface area contributed by atoms with Gasteiger partial charge in [0.2, 0.25) is 15.6 Å². The maximum Gasteiger partial charge on any atom is 0.324 e. The third kappa shape index (κ3) is 5.28. The van der Waals surface area contributed by atoms with E-state index in [0.29, 0.717) is 18.4 Å². The smallest absolute Gasteiger partial charge is 0.324 e. The highest BCUT2D eigenvalue weighted by Gasteiger charge is 2.22. The second-order valence-corrected chi connectivity index (χ2v) is 8.99. The Morgan fingerprint density at radius 1 is 1.16 bits per heavy atom. The van der Waals surface area contributed by atoms with Gasteiger partial charge in [0, 0.05) is 24.9 Å². The van der Waals surface area contributed by atoms with Gasteiger partial charge in [-0.1, -0.05) is 25.5 Å². The van der Waals surface area contributed by atoms with Crippen LogP contribution in [0, 0.1) is 18.6 Å². The van der Waals surface area contributed by atoms with Crippen molar-refractivity contribution in [3.05, 3.63) is 64.1 Å². The molecule has 0 aliphatic heterocycles. The Kier molecular flexibility index (Phi) is 6.87. The minimum Gasteiger partial charge on any atom is -0.421 e. The van der Waals surface area contributed by atoms with E-state index >= 15 is 4.39 Å². The molecule has 0 radical (unpaired) electrons. The molecule has 0 saturated heterocycles. The van der Waals surface area contributed by atoms with Crippen LogP contribution in [-0.4, -0.2) is 28.7 Å². The molecule has 1 aromatic carbocycles. The standard InChI is InChI=1S/C21H22F2N4O4S/c1-4-5-11-32(29,30)26-20-17(23)18(14-9-10-16(28)27(3)12-14)24-21(25-20)31-19-13(2)7-6-8-15(19)22/h6-10,12H,4-5,11H2,1-3H3,(H,24,25,26). The van der Waals surface area contributed by atoms with Gasteiger partial charge in [-0.2, -0.15) is 9.97 Å². The fourth-order valence-corrected chi connectivity index (χ4v) is 4.04. The van der Waals surface area contributed by atoms with E-state index in [0.717, 1.165) is 0 Å². The van der Waals surface area contributed by atoms with Crippen LogP contribution in [0.5, 0.6) is 11.8 Å². The van der Waals surface area contributed by atoms with Crippen LogP contribution in [0.3, 0.4) is 0 Å². The van der Waals surface area contributed by atoms with Crippen molar-refractivity contribution in [2.75, 3.05) is 10.5 Å². The van der Waals surface area contributed by atoms with Gasteiger partial charge < -0.3 is 9.30 Å². The van der Waals surface area contributed by atoms with Crippen LogP contribution in [-0.2, 0) is 17.1 Å². The summed E-state index contributed by atoms with van der Waals surface area (Å²) < 4.78 is 63.0. The predicted octanol–water partition coefficient (Wildman–Crippen LogP) is 3.76. The van der Waals surface area contributed by atoms with Gasteiger partial charge in [0.05, 0.1) is 5.75 Å². The number of rotatable bonds is 8. The first-order chi connectivity index (χ1) is 15.1. The molecule has 0 saturated carbocycles. The Morgan fingerprint density at radius 3 is 2.56 bits per heavy atom. The number of unbranched alkanes of at least 4 members (excludes halogenated alkanes) is 1. The van der Waals surface area contributed by atoms with Gasteiger partial charge in [-0.25, -0.2) is 17.2 Å². The van der Waals surface area contributed by atoms with E-state index in [-0.39, 0.29) is 28.3 Å². The number of aryl methyl sites for hydroxylation is 2. The third-order valence-corrected chi connectivity index (χ3v) is 5.90. The summed E-state index contributed by atoms with van der Waals surface area (Å²) in [4.78, 5) is 19.6. The molecule has 3 aromatic rings. The minimum atomic E-state index is -3.90. The Balaban J connectivity index is 2.14. The lowest BCUT2D eigenvalue weighted by molar-refractivity contribution is 0.406. The van der Waals surface area contributed by atoms with E-state index in [1.165, 1.54) is 42.1 Å². The van der Waals surface area contributed by atoms with Gasteiger partial charge in [0.15, 0.2) is 23.2 Å². The summed E-state index contributed by atoms with van der Waals surface area (Å²) in [5.74, 6) is -2.78. The molecule has 11 heteroatoms. The minimum absolute atomic E-state index is 0.176. The van der Waals surface area contributed by atoms with Crippen molar-refractivity contribution < 1.29 is 21.9 Å². The number of halogens is 2. The first-order valence-electron chi connectivity index (χ1n) is 9.79. The van der Waals surface area contributed by atoms with E-state index in [1.807, 2.05) is 6.92 Å². The lowest BCUT2D eigenvalue weighted by Gasteiger charge is -2.14.